The smallest absolute Gasteiger partial charge is 0.655 e. The van der Waals surface area contributed by atoms with Crippen molar-refractivity contribution < 1.29 is 48.6 Å². The van der Waals surface area contributed by atoms with Gasteiger partial charge < -0.3 is 19.1 Å². The minimum Gasteiger partial charge on any atom is -0.655 e. The molecule has 0 spiro atoms. The van der Waals surface area contributed by atoms with Gasteiger partial charge >= 0.3 is 29.6 Å². The van der Waals surface area contributed by atoms with Gasteiger partial charge in [0.2, 0.25) is 0 Å². The van der Waals surface area contributed by atoms with Gasteiger partial charge in [-0.3, -0.25) is 0 Å². The molecule has 0 amide bonds. The predicted molar refractivity (Wildman–Crippen MR) is 25.4 cm³/mol. The van der Waals surface area contributed by atoms with Crippen molar-refractivity contribution in [1.29, 1.82) is 0 Å². The normalized spacial score (nSPS) is 4.67. The van der Waals surface area contributed by atoms with Gasteiger partial charge in [-0.25, -0.2) is 0 Å². The van der Waals surface area contributed by atoms with E-state index in [-0.39, 0.29) is 29.6 Å². The molecule has 4 nitrogen and oxygen atoms in total. The molecule has 0 aromatic heterocycles. The van der Waals surface area contributed by atoms with E-state index in [4.69, 9.17) is 9.59 Å². The molecular formula is C4H6NaO4-. The van der Waals surface area contributed by atoms with Crippen LogP contribution < -0.4 is 29.6 Å². The van der Waals surface area contributed by atoms with E-state index in [2.05, 4.69) is 9.47 Å². The second-order valence-electron chi connectivity index (χ2n) is 0.575. The van der Waals surface area contributed by atoms with E-state index < -0.39 is 0 Å². The fourth-order valence-electron chi connectivity index (χ4n) is 0. The number of methoxy groups -OCH3 is 2. The third-order valence-electron chi connectivity index (χ3n) is 0.167. The second-order valence-corrected chi connectivity index (χ2v) is 0.575. The number of ether oxygens (including phenoxy) is 2. The molecule has 0 N–H and O–H groups in total. The summed E-state index contributed by atoms with van der Waals surface area (Å²) in [5.41, 5.74) is 0. The molecule has 0 saturated carbocycles. The topological polar surface area (TPSA) is 52.6 Å². The van der Waals surface area contributed by atoms with E-state index in [1.165, 1.54) is 27.2 Å². The van der Waals surface area contributed by atoms with Crippen LogP contribution in [0.1, 0.15) is 0 Å². The Hall–Kier alpha value is -0.0600. The Labute approximate surface area is 75.8 Å². The molecule has 0 aliphatic heterocycles. The van der Waals surface area contributed by atoms with Gasteiger partial charge in [0, 0.05) is 14.2 Å². The molecule has 0 bridgehead atoms. The van der Waals surface area contributed by atoms with Crippen LogP contribution in [0.15, 0.2) is 0 Å². The minimum atomic E-state index is 0. The average molecular weight is 141 g/mol. The van der Waals surface area contributed by atoms with Crippen LogP contribution in [0, 0.1) is 0 Å². The van der Waals surface area contributed by atoms with Crippen LogP contribution >= 0.6 is 0 Å². The van der Waals surface area contributed by atoms with Gasteiger partial charge in [-0.05, 0) is 0 Å². The van der Waals surface area contributed by atoms with Crippen molar-refractivity contribution in [1.82, 2.24) is 0 Å². The molecule has 0 saturated heterocycles. The largest absolute Gasteiger partial charge is 1.00 e. The van der Waals surface area contributed by atoms with Gasteiger partial charge in [-0.15, -0.1) is 0 Å². The summed E-state index contributed by atoms with van der Waals surface area (Å²) in [6, 6.07) is 0. The van der Waals surface area contributed by atoms with Crippen LogP contribution in [-0.4, -0.2) is 27.2 Å². The summed E-state index contributed by atoms with van der Waals surface area (Å²) in [5.74, 6) is 0. The van der Waals surface area contributed by atoms with E-state index in [0.29, 0.717) is 0 Å². The summed E-state index contributed by atoms with van der Waals surface area (Å²) in [5, 5.41) is 0. The first kappa shape index (κ1) is 16.0. The van der Waals surface area contributed by atoms with Gasteiger partial charge in [0.1, 0.15) is 0 Å². The number of hydrogen-bond acceptors (Lipinski definition) is 4. The summed E-state index contributed by atoms with van der Waals surface area (Å²) < 4.78 is 7.47. The van der Waals surface area contributed by atoms with Gasteiger partial charge in [0.05, 0.1) is 0 Å². The molecule has 0 aliphatic carbocycles. The number of hydrogen-bond donors (Lipinski definition) is 0. The Bertz CT molecular complexity index is 48.5. The van der Waals surface area contributed by atoms with Crippen LogP contribution in [-0.2, 0) is 19.1 Å². The summed E-state index contributed by atoms with van der Waals surface area (Å²) in [6.07, 6.45) is 0. The second kappa shape index (κ2) is 24.6. The number of rotatable bonds is 2. The summed E-state index contributed by atoms with van der Waals surface area (Å²) in [7, 11) is 2.51. The van der Waals surface area contributed by atoms with Gasteiger partial charge in [0.15, 0.2) is 0 Å². The molecule has 0 fully saturated rings. The maximum absolute atomic E-state index is 8.83. The van der Waals surface area contributed by atoms with Gasteiger partial charge in [-0.2, -0.15) is 0 Å². The Morgan fingerprint density at radius 3 is 1.11 bits per heavy atom. The molecule has 0 rings (SSSR count). The van der Waals surface area contributed by atoms with Crippen molar-refractivity contribution in [2.45, 2.75) is 0 Å². The molecule has 0 radical (unpaired) electrons. The molecule has 0 atom stereocenters. The Balaban J connectivity index is -0.0000000720. The maximum atomic E-state index is 8.83. The molecule has 0 aromatic carbocycles. The van der Waals surface area contributed by atoms with E-state index in [1.807, 2.05) is 0 Å². The van der Waals surface area contributed by atoms with Crippen LogP contribution in [0.2, 0.25) is 0 Å². The molecule has 9 heavy (non-hydrogen) atoms. The van der Waals surface area contributed by atoms with Crippen LogP contribution in [0.25, 0.3) is 0 Å². The van der Waals surface area contributed by atoms with Crippen molar-refractivity contribution in [2.75, 3.05) is 14.2 Å². The Morgan fingerprint density at radius 2 is 1.11 bits per heavy atom. The third-order valence-corrected chi connectivity index (χ3v) is 0.167. The zero-order chi connectivity index (χ0) is 6.83. The Kier molecular flexibility index (Phi) is 43.7. The van der Waals surface area contributed by atoms with Gasteiger partial charge in [0.25, 0.3) is 0 Å². The summed E-state index contributed by atoms with van der Waals surface area (Å²) >= 11 is 0. The molecular weight excluding hydrogens is 135 g/mol. The molecule has 0 unspecified atom stereocenters. The molecule has 5 heteroatoms. The number of carbonyl (C=O) groups excluding carboxylic acids is 2. The molecule has 48 valence electrons. The first-order chi connectivity index (χ1) is 3.83. The molecule has 0 aliphatic rings. The maximum Gasteiger partial charge on any atom is 1.00 e. The van der Waals surface area contributed by atoms with Crippen molar-refractivity contribution in [3.8, 4) is 0 Å². The van der Waals surface area contributed by atoms with Crippen LogP contribution in [0.4, 0.5) is 0 Å². The van der Waals surface area contributed by atoms with Gasteiger partial charge in [-0.1, -0.05) is 12.9 Å². The zero-order valence-electron chi connectivity index (χ0n) is 5.63. The van der Waals surface area contributed by atoms with Crippen molar-refractivity contribution in [3.63, 3.8) is 0 Å². The third kappa shape index (κ3) is 74.4. The standard InChI is InChI=1S/2C2H3O2.Na/c2*1-4-2-3;/h2*1H3;/q2*-1;+1. The van der Waals surface area contributed by atoms with Crippen molar-refractivity contribution in [3.05, 3.63) is 0 Å². The quantitative estimate of drug-likeness (QED) is 0.294. The summed E-state index contributed by atoms with van der Waals surface area (Å²) in [6.45, 7) is 2.36. The SMILES string of the molecule is CO[C-]=O.CO[C-]=O.[Na+]. The monoisotopic (exact) mass is 141 g/mol. The van der Waals surface area contributed by atoms with Crippen LogP contribution in [0.5, 0.6) is 0 Å². The average Bonchev–Trinajstić information content (AvgIpc) is 1.88. The zero-order valence-corrected chi connectivity index (χ0v) is 7.63. The first-order valence-electron chi connectivity index (χ1n) is 1.63. The van der Waals surface area contributed by atoms with E-state index in [0.717, 1.165) is 0 Å². The fraction of sp³-hybridized carbons (Fsp3) is 0.500. The van der Waals surface area contributed by atoms with Crippen LogP contribution in [0.3, 0.4) is 0 Å². The van der Waals surface area contributed by atoms with E-state index >= 15 is 0 Å². The van der Waals surface area contributed by atoms with Crippen molar-refractivity contribution >= 4 is 12.9 Å². The first-order valence-corrected chi connectivity index (χ1v) is 1.63. The Morgan fingerprint density at radius 1 is 1.00 bits per heavy atom. The molecule has 0 aromatic rings. The summed E-state index contributed by atoms with van der Waals surface area (Å²) in [4.78, 5) is 17.7. The predicted octanol–water partition coefficient (Wildman–Crippen LogP) is -3.60. The van der Waals surface area contributed by atoms with Crippen molar-refractivity contribution in [2.24, 2.45) is 0 Å². The fourth-order valence-corrected chi connectivity index (χ4v) is 0. The molecule has 0 heterocycles. The van der Waals surface area contributed by atoms with E-state index in [9.17, 15) is 0 Å². The minimum absolute atomic E-state index is 0. The van der Waals surface area contributed by atoms with E-state index in [1.54, 1.807) is 0 Å².